The second kappa shape index (κ2) is 12.2. The average Bonchev–Trinajstić information content (AvgIpc) is 3.71. The zero-order valence-electron chi connectivity index (χ0n) is 23.9. The SMILES string of the molecule is COc1ccccc1C(Cn1c(=O)n(C2(CC(=O)N3CCOCC3)CC2)c(=O)c2c(C)c(Br)sc21)OC1CCOCC1. The lowest BCUT2D eigenvalue weighted by molar-refractivity contribution is -0.136. The molecule has 0 spiro atoms. The van der Waals surface area contributed by atoms with E-state index in [0.29, 0.717) is 68.3 Å². The first kappa shape index (κ1) is 29.6. The molecule has 0 N–H and O–H groups in total. The molecule has 0 radical (unpaired) electrons. The maximum atomic E-state index is 14.4. The predicted molar refractivity (Wildman–Crippen MR) is 163 cm³/mol. The average molecular weight is 663 g/mol. The number of benzene rings is 1. The Labute approximate surface area is 256 Å². The summed E-state index contributed by atoms with van der Waals surface area (Å²) in [5.74, 6) is 0.622. The van der Waals surface area contributed by atoms with Gasteiger partial charge in [0.05, 0.1) is 54.1 Å². The molecule has 10 nitrogen and oxygen atoms in total. The standard InChI is InChI=1S/C30H36BrN3O7S/c1-19-25-27(36)34(30(9-10-30)17-24(35)32-11-15-40-16-12-32)29(37)33(28(25)42-26(19)31)18-23(41-20-7-13-39-14-8-20)21-5-3-4-6-22(21)38-2/h3-6,20,23H,7-18H2,1-2H3. The molecule has 1 unspecified atom stereocenters. The Bertz CT molecular complexity index is 1580. The third kappa shape index (κ3) is 5.59. The van der Waals surface area contributed by atoms with Gasteiger partial charge in [-0.25, -0.2) is 4.79 Å². The number of halogens is 1. The van der Waals surface area contributed by atoms with Gasteiger partial charge in [-0.2, -0.15) is 0 Å². The Morgan fingerprint density at radius 3 is 2.50 bits per heavy atom. The quantitative estimate of drug-likeness (QED) is 0.342. The van der Waals surface area contributed by atoms with Gasteiger partial charge in [-0.15, -0.1) is 11.3 Å². The molecule has 4 heterocycles. The summed E-state index contributed by atoms with van der Waals surface area (Å²) >= 11 is 4.99. The van der Waals surface area contributed by atoms with Gasteiger partial charge in [0.25, 0.3) is 5.56 Å². The van der Waals surface area contributed by atoms with Crippen molar-refractivity contribution in [3.05, 3.63) is 60.0 Å². The number of aryl methyl sites for hydroxylation is 1. The topological polar surface area (TPSA) is 101 Å². The molecule has 2 aliphatic heterocycles. The highest BCUT2D eigenvalue weighted by Gasteiger charge is 2.50. The Morgan fingerprint density at radius 2 is 1.81 bits per heavy atom. The van der Waals surface area contributed by atoms with Gasteiger partial charge in [0.2, 0.25) is 5.91 Å². The number of carbonyl (C=O) groups is 1. The first-order valence-corrected chi connectivity index (χ1v) is 16.1. The van der Waals surface area contributed by atoms with Crippen LogP contribution in [-0.2, 0) is 31.1 Å². The maximum Gasteiger partial charge on any atom is 0.332 e. The lowest BCUT2D eigenvalue weighted by Crippen LogP contribution is -2.49. The Morgan fingerprint density at radius 1 is 1.12 bits per heavy atom. The van der Waals surface area contributed by atoms with Crippen LogP contribution in [-0.4, -0.2) is 72.7 Å². The van der Waals surface area contributed by atoms with E-state index in [-0.39, 0.29) is 30.5 Å². The van der Waals surface area contributed by atoms with Crippen LogP contribution in [0.25, 0.3) is 10.2 Å². The molecule has 2 saturated heterocycles. The first-order chi connectivity index (χ1) is 20.3. The predicted octanol–water partition coefficient (Wildman–Crippen LogP) is 3.98. The van der Waals surface area contributed by atoms with Crippen molar-refractivity contribution in [1.82, 2.24) is 14.0 Å². The molecule has 6 rings (SSSR count). The zero-order valence-corrected chi connectivity index (χ0v) is 26.3. The summed E-state index contributed by atoms with van der Waals surface area (Å²) in [4.78, 5) is 44.2. The molecule has 2 aromatic heterocycles. The number of amides is 1. The van der Waals surface area contributed by atoms with Gasteiger partial charge in [0.15, 0.2) is 0 Å². The normalized spacial score (nSPS) is 19.6. The van der Waals surface area contributed by atoms with E-state index in [2.05, 4.69) is 15.9 Å². The highest BCUT2D eigenvalue weighted by atomic mass is 79.9. The number of morpholine rings is 1. The van der Waals surface area contributed by atoms with E-state index < -0.39 is 17.3 Å². The number of nitrogens with zero attached hydrogens (tertiary/aromatic N) is 3. The maximum absolute atomic E-state index is 14.4. The van der Waals surface area contributed by atoms with Crippen molar-refractivity contribution < 1.29 is 23.7 Å². The number of fused-ring (bicyclic) bond motifs is 1. The molecule has 226 valence electrons. The Hall–Kier alpha value is -2.51. The second-order valence-corrected chi connectivity index (χ2v) is 13.6. The molecule has 1 saturated carbocycles. The smallest absolute Gasteiger partial charge is 0.332 e. The van der Waals surface area contributed by atoms with Crippen LogP contribution in [0.2, 0.25) is 0 Å². The number of aromatic nitrogens is 2. The van der Waals surface area contributed by atoms with Crippen LogP contribution in [0.1, 0.15) is 49.3 Å². The lowest BCUT2D eigenvalue weighted by atomic mass is 10.1. The molecule has 1 amide bonds. The monoisotopic (exact) mass is 661 g/mol. The number of methoxy groups -OCH3 is 1. The summed E-state index contributed by atoms with van der Waals surface area (Å²) in [7, 11) is 1.62. The van der Waals surface area contributed by atoms with E-state index in [1.807, 2.05) is 31.2 Å². The summed E-state index contributed by atoms with van der Waals surface area (Å²) < 4.78 is 27.2. The van der Waals surface area contributed by atoms with Crippen molar-refractivity contribution >= 4 is 43.4 Å². The Kier molecular flexibility index (Phi) is 8.61. The van der Waals surface area contributed by atoms with E-state index in [4.69, 9.17) is 18.9 Å². The molecule has 3 aliphatic rings. The molecular formula is C30H36BrN3O7S. The lowest BCUT2D eigenvalue weighted by Gasteiger charge is -2.30. The van der Waals surface area contributed by atoms with E-state index in [1.54, 1.807) is 16.6 Å². The molecular weight excluding hydrogens is 626 g/mol. The van der Waals surface area contributed by atoms with E-state index in [9.17, 15) is 14.4 Å². The zero-order chi connectivity index (χ0) is 29.4. The largest absolute Gasteiger partial charge is 0.496 e. The van der Waals surface area contributed by atoms with Crippen LogP contribution < -0.4 is 16.0 Å². The minimum absolute atomic E-state index is 0.0384. The second-order valence-electron chi connectivity index (χ2n) is 11.3. The highest BCUT2D eigenvalue weighted by molar-refractivity contribution is 9.11. The molecule has 1 aliphatic carbocycles. The molecule has 1 atom stereocenters. The third-order valence-electron chi connectivity index (χ3n) is 8.66. The van der Waals surface area contributed by atoms with Crippen LogP contribution >= 0.6 is 27.3 Å². The van der Waals surface area contributed by atoms with Gasteiger partial charge in [-0.05, 0) is 60.2 Å². The Balaban J connectivity index is 1.45. The van der Waals surface area contributed by atoms with E-state index in [1.165, 1.54) is 15.9 Å². The van der Waals surface area contributed by atoms with Gasteiger partial charge in [-0.1, -0.05) is 18.2 Å². The number of carbonyl (C=O) groups excluding carboxylic acids is 1. The van der Waals surface area contributed by atoms with Crippen LogP contribution in [0.4, 0.5) is 0 Å². The molecule has 0 bridgehead atoms. The van der Waals surface area contributed by atoms with Crippen molar-refractivity contribution in [2.24, 2.45) is 0 Å². The summed E-state index contributed by atoms with van der Waals surface area (Å²) in [6, 6.07) is 7.68. The van der Waals surface area contributed by atoms with Crippen LogP contribution in [0.5, 0.6) is 5.75 Å². The number of rotatable bonds is 9. The van der Waals surface area contributed by atoms with Gasteiger partial charge in [0, 0.05) is 31.9 Å². The minimum atomic E-state index is -0.832. The fraction of sp³-hybridized carbons (Fsp3) is 0.567. The van der Waals surface area contributed by atoms with Gasteiger partial charge < -0.3 is 23.8 Å². The highest BCUT2D eigenvalue weighted by Crippen LogP contribution is 2.46. The third-order valence-corrected chi connectivity index (χ3v) is 10.8. The number of hydrogen-bond acceptors (Lipinski definition) is 8. The van der Waals surface area contributed by atoms with Gasteiger partial charge >= 0.3 is 5.69 Å². The van der Waals surface area contributed by atoms with Gasteiger partial charge in [-0.3, -0.25) is 18.7 Å². The van der Waals surface area contributed by atoms with Crippen molar-refractivity contribution in [2.75, 3.05) is 46.6 Å². The molecule has 1 aromatic carbocycles. The van der Waals surface area contributed by atoms with Crippen LogP contribution in [0.15, 0.2) is 37.6 Å². The van der Waals surface area contributed by atoms with E-state index in [0.717, 1.165) is 27.8 Å². The molecule has 3 aromatic rings. The number of para-hydroxylation sites is 1. The summed E-state index contributed by atoms with van der Waals surface area (Å²) in [5.41, 5.74) is 0.0420. The summed E-state index contributed by atoms with van der Waals surface area (Å²) in [6.45, 7) is 5.35. The van der Waals surface area contributed by atoms with Crippen molar-refractivity contribution in [2.45, 2.75) is 63.3 Å². The van der Waals surface area contributed by atoms with Gasteiger partial charge in [0.1, 0.15) is 16.7 Å². The van der Waals surface area contributed by atoms with Crippen LogP contribution in [0.3, 0.4) is 0 Å². The first-order valence-electron chi connectivity index (χ1n) is 14.5. The number of hydrogen-bond donors (Lipinski definition) is 0. The number of thiophene rings is 1. The summed E-state index contributed by atoms with van der Waals surface area (Å²) in [6.07, 6.45) is 2.28. The fourth-order valence-corrected chi connectivity index (χ4v) is 7.77. The molecule has 12 heteroatoms. The molecule has 42 heavy (non-hydrogen) atoms. The van der Waals surface area contributed by atoms with Crippen molar-refractivity contribution in [3.8, 4) is 5.75 Å². The summed E-state index contributed by atoms with van der Waals surface area (Å²) in [5, 5.41) is 0.501. The number of ether oxygens (including phenoxy) is 4. The van der Waals surface area contributed by atoms with E-state index >= 15 is 0 Å². The minimum Gasteiger partial charge on any atom is -0.496 e. The van der Waals surface area contributed by atoms with Crippen molar-refractivity contribution in [1.29, 1.82) is 0 Å². The van der Waals surface area contributed by atoms with Crippen LogP contribution in [0, 0.1) is 6.92 Å². The molecule has 3 fully saturated rings. The van der Waals surface area contributed by atoms with Crippen molar-refractivity contribution in [3.63, 3.8) is 0 Å². The fourth-order valence-electron chi connectivity index (χ4n) is 6.09.